The lowest BCUT2D eigenvalue weighted by Gasteiger charge is -2.33. The molecular formula is C28H26FN3O6. The first-order chi connectivity index (χ1) is 18.4. The van der Waals surface area contributed by atoms with Crippen LogP contribution in [0.4, 0.5) is 15.8 Å². The minimum absolute atomic E-state index is 0.0278. The van der Waals surface area contributed by atoms with Crippen LogP contribution in [0.15, 0.2) is 66.7 Å². The molecule has 10 heteroatoms. The number of nitro groups is 1. The lowest BCUT2D eigenvalue weighted by Crippen LogP contribution is -2.42. The SMILES string of the molecule is O=C(c1ccc(F)cc1)C1CCN(CCN(C(=O)c2ccc([N+](=O)[O-])cc2)c2ccc3c(c2)OCO3)CC1. The first-order valence-corrected chi connectivity index (χ1v) is 12.4. The third-order valence-corrected chi connectivity index (χ3v) is 6.96. The smallest absolute Gasteiger partial charge is 0.269 e. The Kier molecular flexibility index (Phi) is 7.32. The van der Waals surface area contributed by atoms with Gasteiger partial charge in [-0.15, -0.1) is 0 Å². The lowest BCUT2D eigenvalue weighted by molar-refractivity contribution is -0.384. The highest BCUT2D eigenvalue weighted by atomic mass is 19.1. The number of hydrogen-bond donors (Lipinski definition) is 0. The Morgan fingerprint density at radius 1 is 0.947 bits per heavy atom. The van der Waals surface area contributed by atoms with Gasteiger partial charge in [-0.1, -0.05) is 0 Å². The molecule has 5 rings (SSSR count). The van der Waals surface area contributed by atoms with Crippen molar-refractivity contribution in [3.05, 3.63) is 93.8 Å². The number of fused-ring (bicyclic) bond motifs is 1. The van der Waals surface area contributed by atoms with E-state index in [1.54, 1.807) is 23.1 Å². The number of anilines is 1. The number of piperidine rings is 1. The molecule has 2 heterocycles. The maximum absolute atomic E-state index is 13.5. The Labute approximate surface area is 218 Å². The van der Waals surface area contributed by atoms with E-state index in [1.807, 2.05) is 0 Å². The van der Waals surface area contributed by atoms with Gasteiger partial charge >= 0.3 is 0 Å². The van der Waals surface area contributed by atoms with Gasteiger partial charge < -0.3 is 19.3 Å². The van der Waals surface area contributed by atoms with E-state index in [4.69, 9.17) is 9.47 Å². The first kappa shape index (κ1) is 25.3. The van der Waals surface area contributed by atoms with Gasteiger partial charge in [-0.05, 0) is 74.5 Å². The van der Waals surface area contributed by atoms with Crippen LogP contribution in [-0.2, 0) is 0 Å². The molecule has 0 spiro atoms. The summed E-state index contributed by atoms with van der Waals surface area (Å²) >= 11 is 0. The zero-order valence-electron chi connectivity index (χ0n) is 20.5. The van der Waals surface area contributed by atoms with E-state index in [0.29, 0.717) is 67.3 Å². The number of amides is 1. The number of non-ortho nitro benzene ring substituents is 1. The Balaban J connectivity index is 1.27. The fourth-order valence-electron chi connectivity index (χ4n) is 4.79. The molecule has 0 atom stereocenters. The molecule has 3 aromatic carbocycles. The summed E-state index contributed by atoms with van der Waals surface area (Å²) in [6, 6.07) is 16.5. The molecule has 0 aromatic heterocycles. The summed E-state index contributed by atoms with van der Waals surface area (Å²) in [7, 11) is 0. The molecule has 3 aromatic rings. The van der Waals surface area contributed by atoms with Crippen molar-refractivity contribution in [3.8, 4) is 11.5 Å². The summed E-state index contributed by atoms with van der Waals surface area (Å²) in [4.78, 5) is 40.7. The number of carbonyl (C=O) groups is 2. The van der Waals surface area contributed by atoms with Crippen molar-refractivity contribution >= 4 is 23.1 Å². The van der Waals surface area contributed by atoms with Crippen molar-refractivity contribution in [2.75, 3.05) is 37.9 Å². The van der Waals surface area contributed by atoms with Gasteiger partial charge in [0.15, 0.2) is 17.3 Å². The van der Waals surface area contributed by atoms with Gasteiger partial charge in [-0.25, -0.2) is 4.39 Å². The second-order valence-electron chi connectivity index (χ2n) is 9.29. The van der Waals surface area contributed by atoms with Crippen molar-refractivity contribution in [3.63, 3.8) is 0 Å². The maximum Gasteiger partial charge on any atom is 0.269 e. The second kappa shape index (κ2) is 11.0. The average Bonchev–Trinajstić information content (AvgIpc) is 3.42. The molecule has 9 nitrogen and oxygen atoms in total. The Bertz CT molecular complexity index is 1340. The summed E-state index contributed by atoms with van der Waals surface area (Å²) in [5.74, 6) is 0.392. The summed E-state index contributed by atoms with van der Waals surface area (Å²) < 4.78 is 24.1. The van der Waals surface area contributed by atoms with E-state index < -0.39 is 4.92 Å². The number of likely N-dealkylation sites (tertiary alicyclic amines) is 1. The summed E-state index contributed by atoms with van der Waals surface area (Å²) in [5.41, 5.74) is 1.39. The highest BCUT2D eigenvalue weighted by molar-refractivity contribution is 6.06. The molecule has 196 valence electrons. The Hall–Kier alpha value is -4.31. The minimum Gasteiger partial charge on any atom is -0.454 e. The number of nitrogens with zero attached hydrogens (tertiary/aromatic N) is 3. The third kappa shape index (κ3) is 5.50. The van der Waals surface area contributed by atoms with Crippen molar-refractivity contribution in [1.29, 1.82) is 0 Å². The number of carbonyl (C=O) groups excluding carboxylic acids is 2. The maximum atomic E-state index is 13.5. The van der Waals surface area contributed by atoms with Gasteiger partial charge in [-0.2, -0.15) is 0 Å². The van der Waals surface area contributed by atoms with E-state index in [1.165, 1.54) is 48.5 Å². The molecule has 1 fully saturated rings. The fourth-order valence-corrected chi connectivity index (χ4v) is 4.79. The van der Waals surface area contributed by atoms with E-state index in [-0.39, 0.29) is 35.9 Å². The number of benzene rings is 3. The largest absolute Gasteiger partial charge is 0.454 e. The molecule has 1 saturated heterocycles. The summed E-state index contributed by atoms with van der Waals surface area (Å²) in [6.07, 6.45) is 1.35. The Morgan fingerprint density at radius 3 is 2.29 bits per heavy atom. The third-order valence-electron chi connectivity index (χ3n) is 6.96. The van der Waals surface area contributed by atoms with Crippen molar-refractivity contribution in [2.24, 2.45) is 5.92 Å². The topological polar surface area (TPSA) is 102 Å². The van der Waals surface area contributed by atoms with Crippen LogP contribution in [0.3, 0.4) is 0 Å². The van der Waals surface area contributed by atoms with Crippen molar-refractivity contribution in [1.82, 2.24) is 4.90 Å². The van der Waals surface area contributed by atoms with Crippen molar-refractivity contribution in [2.45, 2.75) is 12.8 Å². The second-order valence-corrected chi connectivity index (χ2v) is 9.29. The van der Waals surface area contributed by atoms with Gasteiger partial charge in [0, 0.05) is 54.0 Å². The number of Topliss-reactive ketones (excluding diaryl/α,β-unsaturated/α-hetero) is 1. The predicted octanol–water partition coefficient (Wildman–Crippen LogP) is 4.70. The molecule has 38 heavy (non-hydrogen) atoms. The number of hydrogen-bond acceptors (Lipinski definition) is 7. The normalized spacial score (nSPS) is 15.3. The molecule has 0 N–H and O–H groups in total. The minimum atomic E-state index is -0.506. The van der Waals surface area contributed by atoms with Gasteiger partial charge in [0.25, 0.3) is 11.6 Å². The van der Waals surface area contributed by atoms with Gasteiger partial charge in [-0.3, -0.25) is 19.7 Å². The average molecular weight is 520 g/mol. The molecule has 0 radical (unpaired) electrons. The zero-order valence-corrected chi connectivity index (χ0v) is 20.5. The first-order valence-electron chi connectivity index (χ1n) is 12.4. The number of ether oxygens (including phenoxy) is 2. The van der Waals surface area contributed by atoms with E-state index in [2.05, 4.69) is 4.90 Å². The Morgan fingerprint density at radius 2 is 1.61 bits per heavy atom. The number of rotatable bonds is 8. The van der Waals surface area contributed by atoms with Crippen LogP contribution in [0, 0.1) is 21.8 Å². The van der Waals surface area contributed by atoms with Crippen LogP contribution >= 0.6 is 0 Å². The number of nitro benzene ring substituents is 1. The van der Waals surface area contributed by atoms with E-state index >= 15 is 0 Å². The molecule has 2 aliphatic rings. The van der Waals surface area contributed by atoms with Crippen LogP contribution in [0.1, 0.15) is 33.6 Å². The zero-order chi connectivity index (χ0) is 26.6. The fraction of sp³-hybridized carbons (Fsp3) is 0.286. The van der Waals surface area contributed by atoms with Crippen LogP contribution < -0.4 is 14.4 Å². The molecule has 0 bridgehead atoms. The van der Waals surface area contributed by atoms with Crippen LogP contribution in [0.5, 0.6) is 11.5 Å². The monoisotopic (exact) mass is 519 g/mol. The highest BCUT2D eigenvalue weighted by Crippen LogP contribution is 2.36. The van der Waals surface area contributed by atoms with E-state index in [0.717, 1.165) is 0 Å². The summed E-state index contributed by atoms with van der Waals surface area (Å²) in [6.45, 7) is 2.44. The molecule has 1 amide bonds. The van der Waals surface area contributed by atoms with Gasteiger partial charge in [0.1, 0.15) is 5.82 Å². The molecule has 0 unspecified atom stereocenters. The quantitative estimate of drug-likeness (QED) is 0.241. The lowest BCUT2D eigenvalue weighted by atomic mass is 9.89. The van der Waals surface area contributed by atoms with Gasteiger partial charge in [0.2, 0.25) is 6.79 Å². The van der Waals surface area contributed by atoms with Crippen molar-refractivity contribution < 1.29 is 28.4 Å². The molecular weight excluding hydrogens is 493 g/mol. The highest BCUT2D eigenvalue weighted by Gasteiger charge is 2.27. The number of halogens is 1. The summed E-state index contributed by atoms with van der Waals surface area (Å²) in [5, 5.41) is 11.0. The predicted molar refractivity (Wildman–Crippen MR) is 137 cm³/mol. The number of ketones is 1. The molecule has 0 aliphatic carbocycles. The van der Waals surface area contributed by atoms with Crippen LogP contribution in [0.25, 0.3) is 0 Å². The standard InChI is InChI=1S/C28H26FN3O6/c29-22-5-1-19(2-6-22)27(33)20-11-13-30(14-12-20)15-16-31(24-9-10-25-26(17-24)38-18-37-25)28(34)21-3-7-23(8-4-21)32(35)36/h1-10,17,20H,11-16,18H2. The van der Waals surface area contributed by atoms with Crippen LogP contribution in [0.2, 0.25) is 0 Å². The van der Waals surface area contributed by atoms with Crippen LogP contribution in [-0.4, -0.2) is 54.5 Å². The van der Waals surface area contributed by atoms with Gasteiger partial charge in [0.05, 0.1) is 4.92 Å². The molecule has 0 saturated carbocycles. The molecule has 2 aliphatic heterocycles. The van der Waals surface area contributed by atoms with E-state index in [9.17, 15) is 24.1 Å².